The third kappa shape index (κ3) is 7.82. The van der Waals surface area contributed by atoms with Gasteiger partial charge in [-0.3, -0.25) is 4.79 Å². The van der Waals surface area contributed by atoms with Gasteiger partial charge in [-0.1, -0.05) is 17.8 Å². The molecule has 22 heavy (non-hydrogen) atoms. The Kier molecular flexibility index (Phi) is 8.27. The summed E-state index contributed by atoms with van der Waals surface area (Å²) < 4.78 is 29.0. The number of unbranched alkanes of at least 4 members (excludes halogenated alkanes) is 1. The van der Waals surface area contributed by atoms with Crippen LogP contribution in [0.3, 0.4) is 0 Å². The van der Waals surface area contributed by atoms with Crippen LogP contribution in [0.2, 0.25) is 0 Å². The van der Waals surface area contributed by atoms with Gasteiger partial charge in [0, 0.05) is 23.5 Å². The van der Waals surface area contributed by atoms with E-state index < -0.39 is 11.8 Å². The molecule has 0 spiro atoms. The van der Waals surface area contributed by atoms with Crippen molar-refractivity contribution < 1.29 is 23.1 Å². The molecule has 0 saturated carbocycles. The van der Waals surface area contributed by atoms with Gasteiger partial charge in [-0.05, 0) is 31.0 Å². The number of methoxy groups -OCH3 is 1. The fourth-order valence-electron chi connectivity index (χ4n) is 1.62. The van der Waals surface area contributed by atoms with E-state index in [2.05, 4.69) is 15.4 Å². The molecule has 122 valence electrons. The number of nitrogens with one attached hydrogen (secondary N) is 2. The molecule has 0 aliphatic carbocycles. The summed E-state index contributed by atoms with van der Waals surface area (Å²) in [5.74, 6) is -2.78. The fourth-order valence-corrected chi connectivity index (χ4v) is 2.18. The van der Waals surface area contributed by atoms with E-state index in [1.54, 1.807) is 18.2 Å². The molecule has 0 fully saturated rings. The summed E-state index contributed by atoms with van der Waals surface area (Å²) in [4.78, 5) is 22.9. The van der Waals surface area contributed by atoms with Crippen molar-refractivity contribution in [1.82, 2.24) is 5.32 Å². The molecule has 0 atom stereocenters. The molecule has 2 N–H and O–H groups in total. The highest BCUT2D eigenvalue weighted by Gasteiger charge is 2.07. The lowest BCUT2D eigenvalue weighted by molar-refractivity contribution is -0.140. The third-order valence-electron chi connectivity index (χ3n) is 2.64. The highest BCUT2D eigenvalue weighted by molar-refractivity contribution is 7.99. The molecule has 1 aromatic carbocycles. The normalized spacial score (nSPS) is 10.4. The summed E-state index contributed by atoms with van der Waals surface area (Å²) in [5, 5.41) is 5.19. The summed E-state index contributed by atoms with van der Waals surface area (Å²) in [5.41, 5.74) is 0.442. The highest BCUT2D eigenvalue weighted by atomic mass is 32.2. The number of esters is 1. The van der Waals surface area contributed by atoms with E-state index in [0.29, 0.717) is 48.2 Å². The van der Waals surface area contributed by atoms with Gasteiger partial charge in [-0.15, -0.1) is 0 Å². The molecule has 0 aromatic heterocycles. The molecule has 5 nitrogen and oxygen atoms in total. The number of thioether (sulfide) groups is 1. The maximum Gasteiger partial charge on any atom is 0.319 e. The predicted octanol–water partition coefficient (Wildman–Crippen LogP) is 3.47. The van der Waals surface area contributed by atoms with Crippen LogP contribution in [0.4, 0.5) is 19.3 Å². The summed E-state index contributed by atoms with van der Waals surface area (Å²) in [6, 6.07) is 5.82. The van der Waals surface area contributed by atoms with E-state index >= 15 is 0 Å². The predicted molar refractivity (Wildman–Crippen MR) is 81.2 cm³/mol. The quantitative estimate of drug-likeness (QED) is 0.434. The number of urea groups is 1. The van der Waals surface area contributed by atoms with Crippen LogP contribution >= 0.6 is 11.8 Å². The number of hydrogen-bond acceptors (Lipinski definition) is 4. The second-order valence-corrected chi connectivity index (χ2v) is 5.38. The number of benzene rings is 1. The Balaban J connectivity index is 2.28. The Morgan fingerprint density at radius 3 is 2.77 bits per heavy atom. The topological polar surface area (TPSA) is 67.4 Å². The molecule has 0 radical (unpaired) electrons. The van der Waals surface area contributed by atoms with Gasteiger partial charge in [-0.2, -0.15) is 8.78 Å². The van der Waals surface area contributed by atoms with Crippen LogP contribution < -0.4 is 10.6 Å². The number of rotatable bonds is 8. The van der Waals surface area contributed by atoms with Gasteiger partial charge in [0.2, 0.25) is 0 Å². The Labute approximate surface area is 131 Å². The molecule has 0 unspecified atom stereocenters. The summed E-state index contributed by atoms with van der Waals surface area (Å²) >= 11 is 0.420. The zero-order chi connectivity index (χ0) is 16.4. The van der Waals surface area contributed by atoms with Crippen LogP contribution in [0.1, 0.15) is 19.3 Å². The van der Waals surface area contributed by atoms with Crippen molar-refractivity contribution in [3.8, 4) is 0 Å². The lowest BCUT2D eigenvalue weighted by Crippen LogP contribution is -2.29. The number of ether oxygens (including phenoxy) is 1. The van der Waals surface area contributed by atoms with Crippen LogP contribution in [0.15, 0.2) is 29.2 Å². The Morgan fingerprint density at radius 1 is 1.32 bits per heavy atom. The minimum Gasteiger partial charge on any atom is -0.469 e. The molecule has 1 aromatic rings. The Morgan fingerprint density at radius 2 is 2.09 bits per heavy atom. The third-order valence-corrected chi connectivity index (χ3v) is 3.34. The van der Waals surface area contributed by atoms with Crippen molar-refractivity contribution in [2.24, 2.45) is 0 Å². The molecular formula is C14H18F2N2O3S. The van der Waals surface area contributed by atoms with Crippen LogP contribution in [0, 0.1) is 0 Å². The average molecular weight is 332 g/mol. The van der Waals surface area contributed by atoms with Crippen molar-refractivity contribution in [3.05, 3.63) is 24.3 Å². The average Bonchev–Trinajstić information content (AvgIpc) is 2.46. The van der Waals surface area contributed by atoms with E-state index in [1.165, 1.54) is 13.2 Å². The van der Waals surface area contributed by atoms with Crippen molar-refractivity contribution in [2.75, 3.05) is 19.0 Å². The molecular weight excluding hydrogens is 314 g/mol. The van der Waals surface area contributed by atoms with Crippen LogP contribution in [-0.2, 0) is 9.53 Å². The first kappa shape index (κ1) is 18.2. The molecule has 0 aliphatic rings. The number of hydrogen-bond donors (Lipinski definition) is 2. The minimum atomic E-state index is -2.50. The monoisotopic (exact) mass is 332 g/mol. The largest absolute Gasteiger partial charge is 0.469 e. The van der Waals surface area contributed by atoms with Crippen LogP contribution in [-0.4, -0.2) is 31.4 Å². The van der Waals surface area contributed by atoms with Crippen molar-refractivity contribution >= 4 is 29.4 Å². The lowest BCUT2D eigenvalue weighted by atomic mass is 10.2. The van der Waals surface area contributed by atoms with Gasteiger partial charge < -0.3 is 15.4 Å². The van der Waals surface area contributed by atoms with Gasteiger partial charge >= 0.3 is 12.0 Å². The van der Waals surface area contributed by atoms with Crippen molar-refractivity contribution in [3.63, 3.8) is 0 Å². The van der Waals surface area contributed by atoms with Crippen LogP contribution in [0.5, 0.6) is 0 Å². The number of anilines is 1. The zero-order valence-electron chi connectivity index (χ0n) is 12.1. The molecule has 0 heterocycles. The summed E-state index contributed by atoms with van der Waals surface area (Å²) in [7, 11) is 1.33. The first-order valence-corrected chi connectivity index (χ1v) is 7.56. The SMILES string of the molecule is COC(=O)CCCCNC(=O)Nc1cccc(SC(F)F)c1. The molecule has 8 heteroatoms. The molecule has 0 saturated heterocycles. The Hall–Kier alpha value is -1.83. The van der Waals surface area contributed by atoms with Gasteiger partial charge in [0.1, 0.15) is 0 Å². The van der Waals surface area contributed by atoms with E-state index in [4.69, 9.17) is 0 Å². The first-order valence-electron chi connectivity index (χ1n) is 6.68. The van der Waals surface area contributed by atoms with Crippen molar-refractivity contribution in [2.45, 2.75) is 29.9 Å². The number of amides is 2. The zero-order valence-corrected chi connectivity index (χ0v) is 12.9. The summed E-state index contributed by atoms with van der Waals surface area (Å²) in [6.07, 6.45) is 1.57. The number of carbonyl (C=O) groups is 2. The Bertz CT molecular complexity index is 501. The van der Waals surface area contributed by atoms with Gasteiger partial charge in [0.25, 0.3) is 5.76 Å². The van der Waals surface area contributed by atoms with E-state index in [-0.39, 0.29) is 5.97 Å². The summed E-state index contributed by atoms with van der Waals surface area (Å²) in [6.45, 7) is 0.411. The number of carbonyl (C=O) groups excluding carboxylic acids is 2. The van der Waals surface area contributed by atoms with E-state index in [9.17, 15) is 18.4 Å². The van der Waals surface area contributed by atoms with Crippen molar-refractivity contribution in [1.29, 1.82) is 0 Å². The maximum absolute atomic E-state index is 12.3. The number of halogens is 2. The molecule has 2 amide bonds. The second-order valence-electron chi connectivity index (χ2n) is 4.32. The molecule has 0 bridgehead atoms. The lowest BCUT2D eigenvalue weighted by Gasteiger charge is -2.08. The maximum atomic E-state index is 12.3. The van der Waals surface area contributed by atoms with Gasteiger partial charge in [0.15, 0.2) is 0 Å². The standard InChI is InChI=1S/C14H18F2N2O3S/c1-21-12(19)7-2-3-8-17-14(20)18-10-5-4-6-11(9-10)22-13(15)16/h4-6,9,13H,2-3,7-8H2,1H3,(H2,17,18,20). The smallest absolute Gasteiger partial charge is 0.319 e. The highest BCUT2D eigenvalue weighted by Crippen LogP contribution is 2.27. The minimum absolute atomic E-state index is 0.280. The second kappa shape index (κ2) is 9.99. The molecule has 0 aliphatic heterocycles. The fraction of sp³-hybridized carbons (Fsp3) is 0.429. The molecule has 1 rings (SSSR count). The first-order chi connectivity index (χ1) is 10.5. The number of alkyl halides is 2. The van der Waals surface area contributed by atoms with E-state index in [1.807, 2.05) is 0 Å². The van der Waals surface area contributed by atoms with Crippen LogP contribution in [0.25, 0.3) is 0 Å². The van der Waals surface area contributed by atoms with E-state index in [0.717, 1.165) is 0 Å². The van der Waals surface area contributed by atoms with Gasteiger partial charge in [0.05, 0.1) is 7.11 Å². The van der Waals surface area contributed by atoms with Gasteiger partial charge in [-0.25, -0.2) is 4.79 Å².